The van der Waals surface area contributed by atoms with E-state index in [4.69, 9.17) is 0 Å². The van der Waals surface area contributed by atoms with E-state index in [9.17, 15) is 8.42 Å². The number of hydrogen-bond acceptors (Lipinski definition) is 3. The lowest BCUT2D eigenvalue weighted by Crippen LogP contribution is -2.13. The number of nitrogens with zero attached hydrogens (tertiary/aromatic N) is 1. The molecule has 1 atom stereocenters. The van der Waals surface area contributed by atoms with Crippen molar-refractivity contribution in [3.05, 3.63) is 52.8 Å². The van der Waals surface area contributed by atoms with E-state index in [1.165, 1.54) is 0 Å². The molecule has 2 aromatic rings. The normalized spacial score (nSPS) is 12.9. The first-order valence-electron chi connectivity index (χ1n) is 6.67. The molecule has 0 fully saturated rings. The van der Waals surface area contributed by atoms with E-state index in [1.807, 2.05) is 12.1 Å². The lowest BCUT2D eigenvalue weighted by atomic mass is 9.99. The molecule has 1 heterocycles. The van der Waals surface area contributed by atoms with Gasteiger partial charge in [0.1, 0.15) is 4.60 Å². The van der Waals surface area contributed by atoms with Crippen LogP contribution in [0.3, 0.4) is 0 Å². The van der Waals surface area contributed by atoms with Crippen LogP contribution >= 0.6 is 15.9 Å². The van der Waals surface area contributed by atoms with Gasteiger partial charge in [-0.05, 0) is 58.1 Å². The van der Waals surface area contributed by atoms with Crippen molar-refractivity contribution in [2.75, 3.05) is 4.72 Å². The van der Waals surface area contributed by atoms with Gasteiger partial charge in [0.15, 0.2) is 0 Å². The van der Waals surface area contributed by atoms with Crippen LogP contribution in [0.1, 0.15) is 31.7 Å². The van der Waals surface area contributed by atoms with Crippen molar-refractivity contribution in [2.45, 2.75) is 31.1 Å². The second-order valence-electron chi connectivity index (χ2n) is 4.83. The Bertz CT molecular complexity index is 715. The summed E-state index contributed by atoms with van der Waals surface area (Å²) in [5.74, 6) is 0.419. The van der Waals surface area contributed by atoms with Crippen LogP contribution < -0.4 is 4.72 Å². The van der Waals surface area contributed by atoms with Gasteiger partial charge in [0.05, 0.1) is 10.6 Å². The smallest absolute Gasteiger partial charge is 0.261 e. The van der Waals surface area contributed by atoms with Crippen LogP contribution in [0.25, 0.3) is 0 Å². The van der Waals surface area contributed by atoms with E-state index in [1.54, 1.807) is 30.5 Å². The first-order chi connectivity index (χ1) is 9.94. The van der Waals surface area contributed by atoms with Crippen LogP contribution in [0.4, 0.5) is 5.69 Å². The summed E-state index contributed by atoms with van der Waals surface area (Å²) in [6, 6.07) is 10.3. The largest absolute Gasteiger partial charge is 0.277 e. The summed E-state index contributed by atoms with van der Waals surface area (Å²) in [5, 5.41) is 0. The maximum atomic E-state index is 12.3. The van der Waals surface area contributed by atoms with Crippen molar-refractivity contribution in [3.63, 3.8) is 0 Å². The van der Waals surface area contributed by atoms with Gasteiger partial charge in [-0.3, -0.25) is 4.72 Å². The third-order valence-corrected chi connectivity index (χ3v) is 5.39. The molecular weight excluding hydrogens is 352 g/mol. The van der Waals surface area contributed by atoms with Crippen LogP contribution in [0, 0.1) is 0 Å². The van der Waals surface area contributed by atoms with Crippen LogP contribution in [0.2, 0.25) is 0 Å². The molecule has 0 radical (unpaired) electrons. The molecule has 21 heavy (non-hydrogen) atoms. The van der Waals surface area contributed by atoms with E-state index in [0.29, 0.717) is 16.2 Å². The van der Waals surface area contributed by atoms with Crippen LogP contribution in [0.5, 0.6) is 0 Å². The fraction of sp³-hybridized carbons (Fsp3) is 0.267. The number of aromatic nitrogens is 1. The van der Waals surface area contributed by atoms with Crippen LogP contribution in [0.15, 0.2) is 52.1 Å². The molecular formula is C15H17BrN2O2S. The van der Waals surface area contributed by atoms with Crippen molar-refractivity contribution >= 4 is 31.6 Å². The molecule has 0 amide bonds. The molecule has 1 N–H and O–H groups in total. The molecule has 0 aliphatic carbocycles. The van der Waals surface area contributed by atoms with E-state index < -0.39 is 10.0 Å². The zero-order chi connectivity index (χ0) is 15.5. The standard InChI is InChI=1S/C15H17BrN2O2S/c1-3-11(2)12-6-8-13(9-7-12)21(19,20)18-14-5-4-10-17-15(14)16/h4-11,18H,3H2,1-2H3. The van der Waals surface area contributed by atoms with Gasteiger partial charge in [-0.2, -0.15) is 0 Å². The van der Waals surface area contributed by atoms with Gasteiger partial charge in [-0.25, -0.2) is 13.4 Å². The number of benzene rings is 1. The van der Waals surface area contributed by atoms with Gasteiger partial charge in [-0.15, -0.1) is 0 Å². The topological polar surface area (TPSA) is 59.1 Å². The molecule has 6 heteroatoms. The molecule has 0 bridgehead atoms. The third-order valence-electron chi connectivity index (χ3n) is 3.38. The zero-order valence-corrected chi connectivity index (χ0v) is 14.3. The minimum Gasteiger partial charge on any atom is -0.277 e. The molecule has 1 aromatic heterocycles. The van der Waals surface area contributed by atoms with E-state index in [0.717, 1.165) is 12.0 Å². The number of rotatable bonds is 5. The average Bonchev–Trinajstić information content (AvgIpc) is 2.49. The summed E-state index contributed by atoms with van der Waals surface area (Å²) < 4.78 is 27.7. The van der Waals surface area contributed by atoms with Crippen molar-refractivity contribution in [1.82, 2.24) is 4.98 Å². The maximum Gasteiger partial charge on any atom is 0.261 e. The summed E-state index contributed by atoms with van der Waals surface area (Å²) in [5.41, 5.74) is 1.56. The van der Waals surface area contributed by atoms with Gasteiger partial charge in [0.2, 0.25) is 0 Å². The Morgan fingerprint density at radius 1 is 1.24 bits per heavy atom. The quantitative estimate of drug-likeness (QED) is 0.806. The number of hydrogen-bond donors (Lipinski definition) is 1. The number of sulfonamides is 1. The highest BCUT2D eigenvalue weighted by molar-refractivity contribution is 9.10. The summed E-state index contributed by atoms with van der Waals surface area (Å²) in [7, 11) is -3.61. The molecule has 1 unspecified atom stereocenters. The number of nitrogens with one attached hydrogen (secondary N) is 1. The van der Waals surface area contributed by atoms with Crippen molar-refractivity contribution in [3.8, 4) is 0 Å². The Morgan fingerprint density at radius 2 is 1.90 bits per heavy atom. The minimum absolute atomic E-state index is 0.241. The second kappa shape index (κ2) is 6.58. The lowest BCUT2D eigenvalue weighted by Gasteiger charge is -2.11. The molecule has 0 aliphatic rings. The molecule has 0 saturated heterocycles. The van der Waals surface area contributed by atoms with Gasteiger partial charge in [0, 0.05) is 6.20 Å². The van der Waals surface area contributed by atoms with Crippen molar-refractivity contribution < 1.29 is 8.42 Å². The summed E-state index contributed by atoms with van der Waals surface area (Å²) in [6.45, 7) is 4.23. The maximum absolute atomic E-state index is 12.3. The van der Waals surface area contributed by atoms with Crippen molar-refractivity contribution in [1.29, 1.82) is 0 Å². The fourth-order valence-corrected chi connectivity index (χ4v) is 3.42. The zero-order valence-electron chi connectivity index (χ0n) is 11.9. The number of anilines is 1. The van der Waals surface area contributed by atoms with Gasteiger partial charge >= 0.3 is 0 Å². The predicted octanol–water partition coefficient (Wildman–Crippen LogP) is 4.16. The Kier molecular flexibility index (Phi) is 5.00. The molecule has 0 spiro atoms. The number of halogens is 1. The van der Waals surface area contributed by atoms with E-state index >= 15 is 0 Å². The molecule has 4 nitrogen and oxygen atoms in total. The number of pyridine rings is 1. The van der Waals surface area contributed by atoms with Crippen LogP contribution in [-0.4, -0.2) is 13.4 Å². The monoisotopic (exact) mass is 368 g/mol. The van der Waals surface area contributed by atoms with Crippen molar-refractivity contribution in [2.24, 2.45) is 0 Å². The highest BCUT2D eigenvalue weighted by atomic mass is 79.9. The molecule has 0 aliphatic heterocycles. The van der Waals surface area contributed by atoms with Gasteiger partial charge in [-0.1, -0.05) is 26.0 Å². The SMILES string of the molecule is CCC(C)c1ccc(S(=O)(=O)Nc2cccnc2Br)cc1. The Hall–Kier alpha value is -1.40. The Balaban J connectivity index is 2.26. The molecule has 1 aromatic carbocycles. The lowest BCUT2D eigenvalue weighted by molar-refractivity contribution is 0.601. The minimum atomic E-state index is -3.61. The summed E-state index contributed by atoms with van der Waals surface area (Å²) in [6.07, 6.45) is 2.61. The van der Waals surface area contributed by atoms with Gasteiger partial charge < -0.3 is 0 Å². The highest BCUT2D eigenvalue weighted by Crippen LogP contribution is 2.24. The second-order valence-corrected chi connectivity index (χ2v) is 7.26. The highest BCUT2D eigenvalue weighted by Gasteiger charge is 2.16. The Labute approximate surface area is 133 Å². The molecule has 2 rings (SSSR count). The molecule has 0 saturated carbocycles. The van der Waals surface area contributed by atoms with E-state index in [2.05, 4.69) is 39.5 Å². The first-order valence-corrected chi connectivity index (χ1v) is 8.95. The fourth-order valence-electron chi connectivity index (χ4n) is 1.88. The summed E-state index contributed by atoms with van der Waals surface area (Å²) in [4.78, 5) is 4.24. The van der Waals surface area contributed by atoms with E-state index in [-0.39, 0.29) is 4.90 Å². The third kappa shape index (κ3) is 3.83. The molecule has 112 valence electrons. The first kappa shape index (κ1) is 16.0. The van der Waals surface area contributed by atoms with Gasteiger partial charge in [0.25, 0.3) is 10.0 Å². The average molecular weight is 369 g/mol. The predicted molar refractivity (Wildman–Crippen MR) is 87.9 cm³/mol. The summed E-state index contributed by atoms with van der Waals surface area (Å²) >= 11 is 3.22. The Morgan fingerprint density at radius 3 is 2.48 bits per heavy atom. The van der Waals surface area contributed by atoms with Crippen LogP contribution in [-0.2, 0) is 10.0 Å².